The molecule has 0 bridgehead atoms. The Labute approximate surface area is 277 Å². The van der Waals surface area contributed by atoms with Crippen molar-refractivity contribution < 1.29 is 32.6 Å². The summed E-state index contributed by atoms with van der Waals surface area (Å²) in [6.07, 6.45) is 2.34. The van der Waals surface area contributed by atoms with Crippen LogP contribution in [0.3, 0.4) is 0 Å². The Morgan fingerprint density at radius 3 is 2.35 bits per heavy atom. The first-order valence-electron chi connectivity index (χ1n) is 15.7. The van der Waals surface area contributed by atoms with Crippen LogP contribution in [0.2, 0.25) is 0 Å². The van der Waals surface area contributed by atoms with Gasteiger partial charge in [0, 0.05) is 38.0 Å². The van der Waals surface area contributed by atoms with Gasteiger partial charge >= 0.3 is 18.0 Å². The lowest BCUT2D eigenvalue weighted by Crippen LogP contribution is -2.54. The van der Waals surface area contributed by atoms with Gasteiger partial charge in [0.15, 0.2) is 11.6 Å². The number of urea groups is 2. The number of hydrogen-bond donors (Lipinski definition) is 2. The van der Waals surface area contributed by atoms with Crippen molar-refractivity contribution in [2.24, 2.45) is 0 Å². The molecule has 0 radical (unpaired) electrons. The molecule has 1 aliphatic carbocycles. The first-order chi connectivity index (χ1) is 23.2. The van der Waals surface area contributed by atoms with Crippen molar-refractivity contribution in [3.05, 3.63) is 113 Å². The lowest BCUT2D eigenvalue weighted by molar-refractivity contribution is -0.140. The molecule has 48 heavy (non-hydrogen) atoms. The van der Waals surface area contributed by atoms with E-state index in [1.165, 1.54) is 13.2 Å². The highest BCUT2D eigenvalue weighted by atomic mass is 19.2. The molecular formula is C36H37F2N5O5. The molecule has 0 unspecified atom stereocenters. The van der Waals surface area contributed by atoms with Gasteiger partial charge in [-0.1, -0.05) is 60.7 Å². The molecule has 3 aromatic rings. The van der Waals surface area contributed by atoms with Gasteiger partial charge in [-0.15, -0.1) is 0 Å². The van der Waals surface area contributed by atoms with Crippen LogP contribution in [0, 0.1) is 23.0 Å². The maximum atomic E-state index is 14.4. The largest absolute Gasteiger partial charge is 0.457 e. The highest BCUT2D eigenvalue weighted by Gasteiger charge is 2.39. The topological polar surface area (TPSA) is 124 Å². The van der Waals surface area contributed by atoms with Crippen LogP contribution in [-0.4, -0.2) is 62.3 Å². The Morgan fingerprint density at radius 2 is 1.71 bits per heavy atom. The highest BCUT2D eigenvalue weighted by Crippen LogP contribution is 2.41. The molecule has 12 heteroatoms. The first kappa shape index (κ1) is 34.1. The number of imide groups is 1. The van der Waals surface area contributed by atoms with Crippen molar-refractivity contribution >= 4 is 23.7 Å². The van der Waals surface area contributed by atoms with E-state index in [0.29, 0.717) is 31.4 Å². The number of halogens is 2. The van der Waals surface area contributed by atoms with E-state index >= 15 is 0 Å². The minimum atomic E-state index is -0.997. The number of benzene rings is 3. The second-order valence-electron chi connectivity index (χ2n) is 11.8. The lowest BCUT2D eigenvalue weighted by atomic mass is 9.69. The minimum absolute atomic E-state index is 0.00535. The summed E-state index contributed by atoms with van der Waals surface area (Å²) in [6, 6.07) is 23.3. The number of ether oxygens (including phenoxy) is 2. The van der Waals surface area contributed by atoms with Gasteiger partial charge in [-0.2, -0.15) is 5.26 Å². The number of nitrogens with one attached hydrogen (secondary N) is 2. The third-order valence-electron chi connectivity index (χ3n) is 8.83. The molecule has 4 amide bonds. The van der Waals surface area contributed by atoms with Gasteiger partial charge < -0.3 is 25.0 Å². The van der Waals surface area contributed by atoms with Crippen molar-refractivity contribution in [1.29, 1.82) is 5.26 Å². The quantitative estimate of drug-likeness (QED) is 0.259. The number of nitrogens with zero attached hydrogens (tertiary/aromatic N) is 3. The molecule has 10 nitrogen and oxygen atoms in total. The van der Waals surface area contributed by atoms with Crippen LogP contribution in [0.5, 0.6) is 0 Å². The Kier molecular flexibility index (Phi) is 11.0. The zero-order chi connectivity index (χ0) is 34.1. The Morgan fingerprint density at radius 1 is 1.02 bits per heavy atom. The monoisotopic (exact) mass is 657 g/mol. The number of anilines is 1. The number of hydrogen-bond acceptors (Lipinski definition) is 7. The van der Waals surface area contributed by atoms with Crippen LogP contribution in [0.15, 0.2) is 90.1 Å². The molecule has 0 spiro atoms. The van der Waals surface area contributed by atoms with Crippen LogP contribution >= 0.6 is 0 Å². The first-order valence-corrected chi connectivity index (χ1v) is 15.7. The van der Waals surface area contributed by atoms with Crippen molar-refractivity contribution in [1.82, 2.24) is 15.5 Å². The lowest BCUT2D eigenvalue weighted by Gasteiger charge is -2.41. The van der Waals surface area contributed by atoms with Crippen molar-refractivity contribution in [3.8, 4) is 6.07 Å². The van der Waals surface area contributed by atoms with E-state index in [-0.39, 0.29) is 50.2 Å². The fourth-order valence-electron chi connectivity index (χ4n) is 6.22. The molecule has 0 saturated heterocycles. The third kappa shape index (κ3) is 7.81. The fraction of sp³-hybridized carbons (Fsp3) is 0.333. The van der Waals surface area contributed by atoms with Crippen LogP contribution < -0.4 is 15.5 Å². The van der Waals surface area contributed by atoms with Gasteiger partial charge in [0.25, 0.3) is 0 Å². The predicted octanol–water partition coefficient (Wildman–Crippen LogP) is 5.55. The molecule has 2 aliphatic rings. The van der Waals surface area contributed by atoms with Gasteiger partial charge in [0.2, 0.25) is 0 Å². The molecule has 0 atom stereocenters. The number of carbonyl (C=O) groups is 3. The summed E-state index contributed by atoms with van der Waals surface area (Å²) in [5, 5.41) is 15.4. The zero-order valence-electron chi connectivity index (χ0n) is 26.6. The van der Waals surface area contributed by atoms with Gasteiger partial charge in [-0.05, 0) is 48.9 Å². The van der Waals surface area contributed by atoms with E-state index in [4.69, 9.17) is 9.47 Å². The molecule has 0 aromatic heterocycles. The van der Waals surface area contributed by atoms with E-state index < -0.39 is 35.1 Å². The molecule has 2 N–H and O–H groups in total. The second-order valence-corrected chi connectivity index (χ2v) is 11.8. The fourth-order valence-corrected chi connectivity index (χ4v) is 6.22. The summed E-state index contributed by atoms with van der Waals surface area (Å²) < 4.78 is 38.8. The number of carbonyl (C=O) groups excluding carboxylic acids is 3. The van der Waals surface area contributed by atoms with Crippen molar-refractivity contribution in [2.75, 3.05) is 38.3 Å². The smallest absolute Gasteiger partial charge is 0.338 e. The number of nitriles is 1. The number of amides is 4. The standard InChI is InChI=1S/C36H37F2N5O5/c1-47-23-32-29(33(44)48-22-25-8-4-2-5-9-25)21-43(35(46)41-32)34(45)40-18-19-42(28-12-13-30(37)31(38)20-28)27-14-16-36(24-39,17-15-27)26-10-6-3-7-11-26/h2-13,20,27H,14-19,21-23H2,1H3,(H,40,45)(H,41,46). The molecule has 1 heterocycles. The number of methoxy groups -OCH3 is 1. The predicted molar refractivity (Wildman–Crippen MR) is 173 cm³/mol. The minimum Gasteiger partial charge on any atom is -0.457 e. The summed E-state index contributed by atoms with van der Waals surface area (Å²) in [6.45, 7) is -0.152. The molecule has 1 aliphatic heterocycles. The average molecular weight is 658 g/mol. The van der Waals surface area contributed by atoms with Crippen LogP contribution in [0.4, 0.5) is 24.1 Å². The Balaban J connectivity index is 1.26. The van der Waals surface area contributed by atoms with Crippen molar-refractivity contribution in [3.63, 3.8) is 0 Å². The zero-order valence-corrected chi connectivity index (χ0v) is 26.6. The summed E-state index contributed by atoms with van der Waals surface area (Å²) in [4.78, 5) is 42.0. The summed E-state index contributed by atoms with van der Waals surface area (Å²) in [5.41, 5.74) is 1.79. The SMILES string of the molecule is COCC1=C(C(=O)OCc2ccccc2)CN(C(=O)NCCN(c2ccc(F)c(F)c2)C2CCC(C#N)(c3ccccc3)CC2)C(=O)N1. The number of esters is 1. The van der Waals surface area contributed by atoms with Crippen molar-refractivity contribution in [2.45, 2.75) is 43.7 Å². The highest BCUT2D eigenvalue weighted by molar-refractivity contribution is 6.00. The van der Waals surface area contributed by atoms with E-state index in [1.807, 2.05) is 53.4 Å². The molecule has 1 fully saturated rings. The molecule has 1 saturated carbocycles. The van der Waals surface area contributed by atoms with Gasteiger partial charge in [0.1, 0.15) is 6.61 Å². The van der Waals surface area contributed by atoms with E-state index in [1.54, 1.807) is 12.1 Å². The third-order valence-corrected chi connectivity index (χ3v) is 8.83. The normalized spacial score (nSPS) is 19.2. The molecule has 5 rings (SSSR count). The van der Waals surface area contributed by atoms with Gasteiger partial charge in [-0.3, -0.25) is 0 Å². The van der Waals surface area contributed by atoms with E-state index in [9.17, 15) is 28.4 Å². The maximum absolute atomic E-state index is 14.4. The van der Waals surface area contributed by atoms with Gasteiger partial charge in [-0.25, -0.2) is 28.1 Å². The number of rotatable bonds is 11. The summed E-state index contributed by atoms with van der Waals surface area (Å²) >= 11 is 0. The van der Waals surface area contributed by atoms with E-state index in [0.717, 1.165) is 28.2 Å². The maximum Gasteiger partial charge on any atom is 0.338 e. The molecule has 250 valence electrons. The van der Waals surface area contributed by atoms with Crippen LogP contribution in [0.1, 0.15) is 36.8 Å². The average Bonchev–Trinajstić information content (AvgIpc) is 3.11. The summed E-state index contributed by atoms with van der Waals surface area (Å²) in [7, 11) is 1.41. The molecule has 3 aromatic carbocycles. The van der Waals surface area contributed by atoms with Crippen LogP contribution in [0.25, 0.3) is 0 Å². The molecular weight excluding hydrogens is 620 g/mol. The Bertz CT molecular complexity index is 1690. The Hall–Kier alpha value is -5.28. The van der Waals surface area contributed by atoms with Crippen LogP contribution in [-0.2, 0) is 26.3 Å². The second kappa shape index (κ2) is 15.5. The summed E-state index contributed by atoms with van der Waals surface area (Å²) in [5.74, 6) is -2.67. The van der Waals surface area contributed by atoms with E-state index in [2.05, 4.69) is 16.7 Å². The van der Waals surface area contributed by atoms with Gasteiger partial charge in [0.05, 0.1) is 35.9 Å².